The summed E-state index contributed by atoms with van der Waals surface area (Å²) < 4.78 is 16.3. The quantitative estimate of drug-likeness (QED) is 0.326. The summed E-state index contributed by atoms with van der Waals surface area (Å²) in [6.07, 6.45) is 4.87. The molecule has 0 saturated carbocycles. The standard InChI is InChI=1S/C22H21ClFN7O2S/c1-2-3-4-19-25-17(12-32)21(23)31(19)10-16-9-30(29-28-16)11-20(33)27-22-26-18(13-34-22)14-5-7-15(24)8-6-14/h5-9,12-13H,2-4,10-11H2,1H3,(H,26,27,33). The molecule has 1 aromatic carbocycles. The Hall–Kier alpha value is -3.44. The zero-order valence-electron chi connectivity index (χ0n) is 18.2. The van der Waals surface area contributed by atoms with Crippen LogP contribution >= 0.6 is 22.9 Å². The van der Waals surface area contributed by atoms with Crippen molar-refractivity contribution in [3.8, 4) is 11.3 Å². The molecule has 12 heteroatoms. The Balaban J connectivity index is 1.39. The van der Waals surface area contributed by atoms with Gasteiger partial charge in [-0.3, -0.25) is 9.59 Å². The predicted octanol–water partition coefficient (Wildman–Crippen LogP) is 4.23. The summed E-state index contributed by atoms with van der Waals surface area (Å²) in [5.74, 6) is 0.0716. The van der Waals surface area contributed by atoms with Crippen molar-refractivity contribution in [2.75, 3.05) is 5.32 Å². The van der Waals surface area contributed by atoms with Gasteiger partial charge in [0, 0.05) is 17.4 Å². The molecule has 0 bridgehead atoms. The number of halogens is 2. The van der Waals surface area contributed by atoms with Gasteiger partial charge in [-0.2, -0.15) is 0 Å². The minimum absolute atomic E-state index is 0.0571. The van der Waals surface area contributed by atoms with Crippen molar-refractivity contribution < 1.29 is 14.0 Å². The maximum absolute atomic E-state index is 13.1. The minimum Gasteiger partial charge on any atom is -0.312 e. The number of nitrogens with zero attached hydrogens (tertiary/aromatic N) is 6. The molecule has 4 aromatic rings. The molecular formula is C22H21ClFN7O2S. The Labute approximate surface area is 203 Å². The highest BCUT2D eigenvalue weighted by Gasteiger charge is 2.17. The largest absolute Gasteiger partial charge is 0.312 e. The summed E-state index contributed by atoms with van der Waals surface area (Å²) in [7, 11) is 0. The molecule has 0 unspecified atom stereocenters. The van der Waals surface area contributed by atoms with E-state index in [0.29, 0.717) is 35.1 Å². The van der Waals surface area contributed by atoms with Crippen molar-refractivity contribution in [2.45, 2.75) is 39.3 Å². The zero-order valence-corrected chi connectivity index (χ0v) is 19.8. The number of aryl methyl sites for hydroxylation is 1. The van der Waals surface area contributed by atoms with Crippen LogP contribution in [0.25, 0.3) is 11.3 Å². The molecular weight excluding hydrogens is 481 g/mol. The smallest absolute Gasteiger partial charge is 0.247 e. The molecule has 34 heavy (non-hydrogen) atoms. The van der Waals surface area contributed by atoms with Gasteiger partial charge >= 0.3 is 0 Å². The molecule has 0 aliphatic rings. The number of anilines is 1. The van der Waals surface area contributed by atoms with E-state index in [4.69, 9.17) is 11.6 Å². The molecule has 3 aromatic heterocycles. The predicted molar refractivity (Wildman–Crippen MR) is 126 cm³/mol. The number of imidazole rings is 1. The number of aldehydes is 1. The first-order valence-corrected chi connectivity index (χ1v) is 11.8. The van der Waals surface area contributed by atoms with Crippen LogP contribution in [0.3, 0.4) is 0 Å². The van der Waals surface area contributed by atoms with Gasteiger partial charge in [-0.25, -0.2) is 19.0 Å². The number of carbonyl (C=O) groups is 2. The van der Waals surface area contributed by atoms with E-state index in [-0.39, 0.29) is 35.7 Å². The lowest BCUT2D eigenvalue weighted by Crippen LogP contribution is -2.19. The van der Waals surface area contributed by atoms with Gasteiger partial charge < -0.3 is 9.88 Å². The summed E-state index contributed by atoms with van der Waals surface area (Å²) in [5, 5.41) is 13.3. The molecule has 0 atom stereocenters. The minimum atomic E-state index is -0.323. The summed E-state index contributed by atoms with van der Waals surface area (Å²) >= 11 is 7.59. The van der Waals surface area contributed by atoms with E-state index in [0.717, 1.165) is 18.4 Å². The number of carbonyl (C=O) groups excluding carboxylic acids is 2. The fraction of sp³-hybridized carbons (Fsp3) is 0.273. The van der Waals surface area contributed by atoms with Crippen molar-refractivity contribution >= 4 is 40.3 Å². The first kappa shape index (κ1) is 23.7. The van der Waals surface area contributed by atoms with E-state index in [1.807, 2.05) is 0 Å². The number of hydrogen-bond donors (Lipinski definition) is 1. The van der Waals surface area contributed by atoms with E-state index in [1.54, 1.807) is 28.3 Å². The van der Waals surface area contributed by atoms with Crippen molar-refractivity contribution in [1.29, 1.82) is 0 Å². The van der Waals surface area contributed by atoms with Crippen molar-refractivity contribution in [1.82, 2.24) is 29.5 Å². The SMILES string of the molecule is CCCCc1nc(C=O)c(Cl)n1Cc1cn(CC(=O)Nc2nc(-c3ccc(F)cc3)cs2)nn1. The molecule has 0 fully saturated rings. The molecule has 0 aliphatic carbocycles. The molecule has 4 rings (SSSR count). The lowest BCUT2D eigenvalue weighted by atomic mass is 10.2. The van der Waals surface area contributed by atoms with Crippen molar-refractivity contribution in [3.05, 3.63) is 64.0 Å². The molecule has 3 heterocycles. The second-order valence-electron chi connectivity index (χ2n) is 7.51. The van der Waals surface area contributed by atoms with Gasteiger partial charge in [0.25, 0.3) is 0 Å². The molecule has 9 nitrogen and oxygen atoms in total. The third kappa shape index (κ3) is 5.54. The molecule has 0 spiro atoms. The Morgan fingerprint density at radius 3 is 2.79 bits per heavy atom. The van der Waals surface area contributed by atoms with Gasteiger partial charge in [0.2, 0.25) is 5.91 Å². The van der Waals surface area contributed by atoms with Crippen LogP contribution in [0, 0.1) is 5.82 Å². The topological polar surface area (TPSA) is 108 Å². The number of rotatable bonds is 10. The van der Waals surface area contributed by atoms with Gasteiger partial charge in [-0.05, 0) is 30.7 Å². The number of hydrogen-bond acceptors (Lipinski definition) is 7. The van der Waals surface area contributed by atoms with Gasteiger partial charge in [0.1, 0.15) is 34.7 Å². The highest BCUT2D eigenvalue weighted by atomic mass is 35.5. The van der Waals surface area contributed by atoms with Crippen molar-refractivity contribution in [2.24, 2.45) is 0 Å². The van der Waals surface area contributed by atoms with Gasteiger partial charge in [-0.15, -0.1) is 16.4 Å². The highest BCUT2D eigenvalue weighted by molar-refractivity contribution is 7.14. The summed E-state index contributed by atoms with van der Waals surface area (Å²) in [6, 6.07) is 5.98. The van der Waals surface area contributed by atoms with E-state index in [9.17, 15) is 14.0 Å². The summed E-state index contributed by atoms with van der Waals surface area (Å²) in [6.45, 7) is 2.30. The molecule has 0 aliphatic heterocycles. The lowest BCUT2D eigenvalue weighted by molar-refractivity contribution is -0.116. The van der Waals surface area contributed by atoms with Gasteiger partial charge in [0.05, 0.1) is 18.4 Å². The number of aromatic nitrogens is 6. The Morgan fingerprint density at radius 1 is 1.26 bits per heavy atom. The average Bonchev–Trinajstić information content (AvgIpc) is 3.54. The number of benzene rings is 1. The van der Waals surface area contributed by atoms with Crippen LogP contribution in [0.2, 0.25) is 5.15 Å². The maximum Gasteiger partial charge on any atom is 0.247 e. The van der Waals surface area contributed by atoms with Crippen LogP contribution in [-0.2, 0) is 24.3 Å². The Kier molecular flexibility index (Phi) is 7.43. The van der Waals surface area contributed by atoms with Gasteiger partial charge in [0.15, 0.2) is 11.4 Å². The molecule has 176 valence electrons. The van der Waals surface area contributed by atoms with Gasteiger partial charge in [-0.1, -0.05) is 30.2 Å². The summed E-state index contributed by atoms with van der Waals surface area (Å²) in [5.41, 5.74) is 2.18. The number of unbranched alkanes of at least 4 members (excludes halogenated alkanes) is 1. The Bertz CT molecular complexity index is 1300. The van der Waals surface area contributed by atoms with Crippen LogP contribution in [0.4, 0.5) is 9.52 Å². The van der Waals surface area contributed by atoms with Crippen LogP contribution in [0.1, 0.15) is 41.8 Å². The first-order chi connectivity index (χ1) is 16.5. The third-order valence-electron chi connectivity index (χ3n) is 4.98. The second-order valence-corrected chi connectivity index (χ2v) is 8.73. The number of thiazole rings is 1. The third-order valence-corrected chi connectivity index (χ3v) is 6.13. The van der Waals surface area contributed by atoms with Crippen LogP contribution in [-0.4, -0.2) is 41.7 Å². The molecule has 0 radical (unpaired) electrons. The van der Waals surface area contributed by atoms with E-state index >= 15 is 0 Å². The Morgan fingerprint density at radius 2 is 2.06 bits per heavy atom. The zero-order chi connectivity index (χ0) is 24.1. The molecule has 1 N–H and O–H groups in total. The van der Waals surface area contributed by atoms with E-state index in [2.05, 4.69) is 32.5 Å². The van der Waals surface area contributed by atoms with Crippen LogP contribution in [0.5, 0.6) is 0 Å². The lowest BCUT2D eigenvalue weighted by Gasteiger charge is -2.06. The molecule has 1 amide bonds. The second kappa shape index (κ2) is 10.7. The summed E-state index contributed by atoms with van der Waals surface area (Å²) in [4.78, 5) is 32.4. The fourth-order valence-electron chi connectivity index (χ4n) is 3.30. The number of amides is 1. The van der Waals surface area contributed by atoms with Crippen molar-refractivity contribution in [3.63, 3.8) is 0 Å². The maximum atomic E-state index is 13.1. The first-order valence-electron chi connectivity index (χ1n) is 10.6. The average molecular weight is 502 g/mol. The van der Waals surface area contributed by atoms with Crippen LogP contribution < -0.4 is 5.32 Å². The molecule has 0 saturated heterocycles. The van der Waals surface area contributed by atoms with Crippen LogP contribution in [0.15, 0.2) is 35.8 Å². The highest BCUT2D eigenvalue weighted by Crippen LogP contribution is 2.25. The monoisotopic (exact) mass is 501 g/mol. The fourth-order valence-corrected chi connectivity index (χ4v) is 4.28. The number of nitrogens with one attached hydrogen (secondary N) is 1. The van der Waals surface area contributed by atoms with E-state index < -0.39 is 0 Å². The normalized spacial score (nSPS) is 11.0. The van der Waals surface area contributed by atoms with E-state index in [1.165, 1.54) is 28.2 Å².